The van der Waals surface area contributed by atoms with Crippen LogP contribution in [0.2, 0.25) is 5.02 Å². The molecule has 6 rings (SSSR count). The van der Waals surface area contributed by atoms with Crippen molar-refractivity contribution >= 4 is 41.6 Å². The first-order chi connectivity index (χ1) is 21.6. The normalized spacial score (nSPS) is 15.6. The Hall–Kier alpha value is -3.75. The van der Waals surface area contributed by atoms with Crippen LogP contribution >= 0.6 is 19.2 Å². The summed E-state index contributed by atoms with van der Waals surface area (Å²) in [4.78, 5) is 8.89. The highest BCUT2D eigenvalue weighted by atomic mass is 35.5. The van der Waals surface area contributed by atoms with Crippen LogP contribution < -0.4 is 10.1 Å². The highest BCUT2D eigenvalue weighted by molar-refractivity contribution is 7.53. The first-order valence-electron chi connectivity index (χ1n) is 14.8. The Kier molecular flexibility index (Phi) is 9.24. The third-order valence-corrected chi connectivity index (χ3v) is 9.67. The van der Waals surface area contributed by atoms with Gasteiger partial charge in [0.25, 0.3) is 0 Å². The SMILES string of the molecule is CC1(C)COP(=O)(CCCCc2ccc(-c3ccc4ncnc(Nc5ccc(OCc6cccc(F)c6)c(Cl)c5)c4c3)o2)OC1. The summed E-state index contributed by atoms with van der Waals surface area (Å²) in [5.41, 5.74) is 2.99. The summed E-state index contributed by atoms with van der Waals surface area (Å²) in [7, 11) is -3.01. The fourth-order valence-corrected chi connectivity index (χ4v) is 7.23. The zero-order chi connectivity index (χ0) is 31.4. The standard InChI is InChI=1S/C34H34ClFN3O5P/c1-34(2)20-42-45(40,43-21-34)15-4-3-8-27-11-14-31(44-27)24-9-12-30-28(17-24)33(38-22-37-30)39-26-10-13-32(29(35)18-26)41-19-23-6-5-7-25(36)16-23/h5-7,9-14,16-18,22H,3-4,8,15,19-21H2,1-2H3,(H,37,38,39). The molecule has 1 aliphatic rings. The summed E-state index contributed by atoms with van der Waals surface area (Å²) in [6.07, 6.45) is 4.17. The number of ether oxygens (including phenoxy) is 1. The lowest BCUT2D eigenvalue weighted by molar-refractivity contribution is 0.0414. The Morgan fingerprint density at radius 2 is 1.84 bits per heavy atom. The van der Waals surface area contributed by atoms with Crippen molar-refractivity contribution in [2.24, 2.45) is 5.41 Å². The number of rotatable bonds is 11. The molecule has 1 fully saturated rings. The molecule has 11 heteroatoms. The molecule has 0 bridgehead atoms. The number of nitrogens with zero attached hydrogens (tertiary/aromatic N) is 2. The smallest absolute Gasteiger partial charge is 0.330 e. The summed E-state index contributed by atoms with van der Waals surface area (Å²) in [6, 6.07) is 21.4. The van der Waals surface area contributed by atoms with E-state index in [1.165, 1.54) is 18.5 Å². The van der Waals surface area contributed by atoms with Crippen molar-refractivity contribution in [1.82, 2.24) is 9.97 Å². The van der Waals surface area contributed by atoms with E-state index >= 15 is 0 Å². The van der Waals surface area contributed by atoms with Gasteiger partial charge in [-0.3, -0.25) is 4.57 Å². The minimum Gasteiger partial charge on any atom is -0.487 e. The van der Waals surface area contributed by atoms with Crippen LogP contribution in [0.25, 0.3) is 22.2 Å². The first-order valence-corrected chi connectivity index (χ1v) is 16.9. The Morgan fingerprint density at radius 1 is 1.00 bits per heavy atom. The molecular weight excluding hydrogens is 616 g/mol. The van der Waals surface area contributed by atoms with Crippen LogP contribution in [-0.2, 0) is 26.6 Å². The molecule has 1 saturated heterocycles. The second kappa shape index (κ2) is 13.3. The van der Waals surface area contributed by atoms with E-state index in [0.29, 0.717) is 41.5 Å². The molecule has 5 aromatic rings. The monoisotopic (exact) mass is 649 g/mol. The third kappa shape index (κ3) is 7.92. The van der Waals surface area contributed by atoms with Gasteiger partial charge >= 0.3 is 7.60 Å². The highest BCUT2D eigenvalue weighted by Crippen LogP contribution is 2.54. The highest BCUT2D eigenvalue weighted by Gasteiger charge is 2.35. The summed E-state index contributed by atoms with van der Waals surface area (Å²) in [6.45, 7) is 5.18. The van der Waals surface area contributed by atoms with Crippen molar-refractivity contribution in [3.05, 3.63) is 101 Å². The molecular formula is C34H34ClFN3O5P. The Labute approximate surface area is 266 Å². The largest absolute Gasteiger partial charge is 0.487 e. The van der Waals surface area contributed by atoms with E-state index in [1.807, 2.05) is 50.2 Å². The predicted molar refractivity (Wildman–Crippen MR) is 174 cm³/mol. The number of anilines is 2. The van der Waals surface area contributed by atoms with Crippen LogP contribution in [0.5, 0.6) is 5.75 Å². The second-order valence-corrected chi connectivity index (χ2v) is 14.5. The maximum Gasteiger partial charge on any atom is 0.330 e. The maximum atomic E-state index is 13.5. The number of unbranched alkanes of at least 4 members (excludes halogenated alkanes) is 1. The minimum atomic E-state index is -3.01. The van der Waals surface area contributed by atoms with Crippen LogP contribution in [0, 0.1) is 11.2 Å². The minimum absolute atomic E-state index is 0.105. The van der Waals surface area contributed by atoms with E-state index in [0.717, 1.165) is 52.9 Å². The number of furan rings is 1. The molecule has 1 aliphatic heterocycles. The van der Waals surface area contributed by atoms with Gasteiger partial charge in [-0.2, -0.15) is 0 Å². The fraction of sp³-hybridized carbons (Fsp3) is 0.294. The number of fused-ring (bicyclic) bond motifs is 1. The van der Waals surface area contributed by atoms with Crippen molar-refractivity contribution in [1.29, 1.82) is 0 Å². The first kappa shape index (κ1) is 31.2. The van der Waals surface area contributed by atoms with E-state index in [9.17, 15) is 8.96 Å². The van der Waals surface area contributed by atoms with E-state index in [4.69, 9.17) is 29.8 Å². The Morgan fingerprint density at radius 3 is 2.64 bits per heavy atom. The molecule has 3 aromatic carbocycles. The van der Waals surface area contributed by atoms with Gasteiger partial charge in [0.2, 0.25) is 0 Å². The number of benzene rings is 3. The number of halogens is 2. The van der Waals surface area contributed by atoms with Crippen LogP contribution in [-0.4, -0.2) is 29.3 Å². The maximum absolute atomic E-state index is 13.5. The predicted octanol–water partition coefficient (Wildman–Crippen LogP) is 9.59. The lowest BCUT2D eigenvalue weighted by Gasteiger charge is -2.34. The van der Waals surface area contributed by atoms with Gasteiger partial charge in [0, 0.05) is 28.5 Å². The molecule has 1 N–H and O–H groups in total. The third-order valence-electron chi connectivity index (χ3n) is 7.47. The number of hydrogen-bond donors (Lipinski definition) is 1. The number of aromatic nitrogens is 2. The lowest BCUT2D eigenvalue weighted by Crippen LogP contribution is -2.29. The van der Waals surface area contributed by atoms with Crippen molar-refractivity contribution in [2.45, 2.75) is 39.7 Å². The van der Waals surface area contributed by atoms with Gasteiger partial charge in [0.1, 0.15) is 41.8 Å². The van der Waals surface area contributed by atoms with E-state index in [2.05, 4.69) is 15.3 Å². The van der Waals surface area contributed by atoms with Crippen molar-refractivity contribution < 1.29 is 27.2 Å². The Balaban J connectivity index is 1.09. The van der Waals surface area contributed by atoms with Crippen molar-refractivity contribution in [3.8, 4) is 17.1 Å². The molecule has 0 saturated carbocycles. The van der Waals surface area contributed by atoms with Crippen molar-refractivity contribution in [2.75, 3.05) is 24.7 Å². The molecule has 0 amide bonds. The zero-order valence-electron chi connectivity index (χ0n) is 25.1. The summed E-state index contributed by atoms with van der Waals surface area (Å²) in [5, 5.41) is 4.56. The number of aryl methyl sites for hydroxylation is 1. The van der Waals surface area contributed by atoms with Crippen LogP contribution in [0.3, 0.4) is 0 Å². The van der Waals surface area contributed by atoms with Gasteiger partial charge in [0.15, 0.2) is 0 Å². The zero-order valence-corrected chi connectivity index (χ0v) is 26.7. The summed E-state index contributed by atoms with van der Waals surface area (Å²) in [5.74, 6) is 2.38. The van der Waals surface area contributed by atoms with Crippen LogP contribution in [0.15, 0.2) is 83.5 Å². The van der Waals surface area contributed by atoms with Gasteiger partial charge in [-0.1, -0.05) is 37.6 Å². The molecule has 45 heavy (non-hydrogen) atoms. The molecule has 2 aromatic heterocycles. The van der Waals surface area contributed by atoms with Gasteiger partial charge in [-0.05, 0) is 79.1 Å². The molecule has 0 atom stereocenters. The van der Waals surface area contributed by atoms with Crippen LogP contribution in [0.4, 0.5) is 15.9 Å². The quantitative estimate of drug-likeness (QED) is 0.112. The van der Waals surface area contributed by atoms with Crippen LogP contribution in [0.1, 0.15) is 38.0 Å². The molecule has 8 nitrogen and oxygen atoms in total. The number of hydrogen-bond acceptors (Lipinski definition) is 8. The molecule has 234 valence electrons. The average molecular weight is 650 g/mol. The second-order valence-electron chi connectivity index (χ2n) is 11.9. The van der Waals surface area contributed by atoms with Gasteiger partial charge in [0.05, 0.1) is 29.9 Å². The van der Waals surface area contributed by atoms with Crippen molar-refractivity contribution in [3.63, 3.8) is 0 Å². The topological polar surface area (TPSA) is 95.7 Å². The van der Waals surface area contributed by atoms with E-state index in [1.54, 1.807) is 24.3 Å². The van der Waals surface area contributed by atoms with Gasteiger partial charge < -0.3 is 23.5 Å². The molecule has 0 radical (unpaired) electrons. The summed E-state index contributed by atoms with van der Waals surface area (Å²) < 4.78 is 49.4. The molecule has 0 unspecified atom stereocenters. The molecule has 0 aliphatic carbocycles. The van der Waals surface area contributed by atoms with Gasteiger partial charge in [-0.15, -0.1) is 0 Å². The average Bonchev–Trinajstić information content (AvgIpc) is 3.50. The lowest BCUT2D eigenvalue weighted by atomic mass is 9.97. The van der Waals surface area contributed by atoms with E-state index in [-0.39, 0.29) is 17.8 Å². The van der Waals surface area contributed by atoms with Gasteiger partial charge in [-0.25, -0.2) is 14.4 Å². The van der Waals surface area contributed by atoms with E-state index < -0.39 is 7.60 Å². The summed E-state index contributed by atoms with van der Waals surface area (Å²) >= 11 is 6.51. The molecule has 0 spiro atoms. The fourth-order valence-electron chi connectivity index (χ4n) is 4.96. The number of nitrogens with one attached hydrogen (secondary N) is 1. The molecule has 3 heterocycles. The Bertz CT molecular complexity index is 1850.